The molecule has 0 aliphatic carbocycles. The van der Waals surface area contributed by atoms with E-state index in [1.54, 1.807) is 0 Å². The van der Waals surface area contributed by atoms with Crippen LogP contribution in [0.1, 0.15) is 38.8 Å². The van der Waals surface area contributed by atoms with Gasteiger partial charge in [0, 0.05) is 10.4 Å². The van der Waals surface area contributed by atoms with Gasteiger partial charge in [0.05, 0.1) is 19.6 Å². The van der Waals surface area contributed by atoms with Crippen LogP contribution in [-0.4, -0.2) is 19.0 Å². The van der Waals surface area contributed by atoms with Crippen molar-refractivity contribution in [3.63, 3.8) is 0 Å². The van der Waals surface area contributed by atoms with Gasteiger partial charge in [-0.05, 0) is 36.9 Å². The molecular weight excluding hydrogens is 298 g/mol. The third-order valence-electron chi connectivity index (χ3n) is 3.43. The van der Waals surface area contributed by atoms with Crippen LogP contribution >= 0.6 is 11.3 Å². The molecule has 0 bridgehead atoms. The third kappa shape index (κ3) is 3.95. The van der Waals surface area contributed by atoms with Crippen LogP contribution in [0, 0.1) is 13.8 Å². The second-order valence-electron chi connectivity index (χ2n) is 5.14. The molecule has 0 aliphatic heterocycles. The maximum atomic E-state index is 12.5. The van der Waals surface area contributed by atoms with Gasteiger partial charge in [0.1, 0.15) is 0 Å². The number of ether oxygens (including phenoxy) is 1. The fourth-order valence-corrected chi connectivity index (χ4v) is 2.96. The molecule has 22 heavy (non-hydrogen) atoms. The van der Waals surface area contributed by atoms with E-state index < -0.39 is 0 Å². The molecule has 1 atom stereocenters. The zero-order valence-corrected chi connectivity index (χ0v) is 13.7. The second kappa shape index (κ2) is 7.22. The van der Waals surface area contributed by atoms with Crippen molar-refractivity contribution in [3.05, 3.63) is 57.3 Å². The van der Waals surface area contributed by atoms with Crippen LogP contribution in [0.4, 0.5) is 0 Å². The minimum atomic E-state index is -0.375. The molecule has 0 radical (unpaired) electrons. The number of nitrogens with one attached hydrogen (secondary N) is 1. The molecule has 1 aromatic heterocycles. The van der Waals surface area contributed by atoms with Crippen LogP contribution in [0.3, 0.4) is 0 Å². The van der Waals surface area contributed by atoms with Crippen molar-refractivity contribution in [2.24, 2.45) is 0 Å². The first-order valence-corrected chi connectivity index (χ1v) is 7.87. The monoisotopic (exact) mass is 317 g/mol. The van der Waals surface area contributed by atoms with E-state index in [4.69, 9.17) is 4.74 Å². The van der Waals surface area contributed by atoms with E-state index >= 15 is 0 Å². The van der Waals surface area contributed by atoms with E-state index in [0.29, 0.717) is 5.56 Å². The van der Waals surface area contributed by atoms with Crippen molar-refractivity contribution in [2.75, 3.05) is 7.11 Å². The number of carbonyl (C=O) groups is 2. The summed E-state index contributed by atoms with van der Waals surface area (Å²) in [6, 6.07) is 9.17. The molecular formula is C17H19NO3S. The van der Waals surface area contributed by atoms with Crippen molar-refractivity contribution < 1.29 is 14.3 Å². The van der Waals surface area contributed by atoms with Crippen LogP contribution in [0.5, 0.6) is 0 Å². The van der Waals surface area contributed by atoms with Gasteiger partial charge in [-0.1, -0.05) is 23.8 Å². The maximum Gasteiger partial charge on any atom is 0.307 e. The molecule has 1 unspecified atom stereocenters. The first-order valence-electron chi connectivity index (χ1n) is 6.99. The summed E-state index contributed by atoms with van der Waals surface area (Å²) < 4.78 is 4.72. The van der Waals surface area contributed by atoms with E-state index in [2.05, 4.69) is 5.32 Å². The van der Waals surface area contributed by atoms with E-state index in [0.717, 1.165) is 16.0 Å². The lowest BCUT2D eigenvalue weighted by molar-refractivity contribution is -0.141. The standard InChI is InChI=1S/C17H19NO3S/c1-11-6-7-12(2)13(9-11)17(20)18-14(10-16(19)21-3)15-5-4-8-22-15/h4-9,14H,10H2,1-3H3,(H,18,20). The molecule has 0 spiro atoms. The number of esters is 1. The summed E-state index contributed by atoms with van der Waals surface area (Å²) in [5.41, 5.74) is 2.56. The first-order chi connectivity index (χ1) is 10.5. The van der Waals surface area contributed by atoms with E-state index in [1.807, 2.05) is 49.6 Å². The number of amides is 1. The summed E-state index contributed by atoms with van der Waals surface area (Å²) in [5, 5.41) is 4.86. The number of benzene rings is 1. The molecule has 0 aliphatic rings. The molecule has 2 rings (SSSR count). The fourth-order valence-electron chi connectivity index (χ4n) is 2.18. The van der Waals surface area contributed by atoms with E-state index in [1.165, 1.54) is 18.4 Å². The Labute approximate surface area is 134 Å². The molecule has 5 heteroatoms. The largest absolute Gasteiger partial charge is 0.469 e. The molecule has 4 nitrogen and oxygen atoms in total. The Morgan fingerprint density at radius 2 is 2.05 bits per heavy atom. The van der Waals surface area contributed by atoms with Gasteiger partial charge in [-0.25, -0.2) is 0 Å². The molecule has 0 fully saturated rings. The van der Waals surface area contributed by atoms with Gasteiger partial charge in [0.25, 0.3) is 5.91 Å². The van der Waals surface area contributed by atoms with E-state index in [9.17, 15) is 9.59 Å². The minimum absolute atomic E-state index is 0.119. The lowest BCUT2D eigenvalue weighted by Crippen LogP contribution is -2.30. The normalized spacial score (nSPS) is 11.8. The highest BCUT2D eigenvalue weighted by molar-refractivity contribution is 7.10. The molecule has 2 aromatic rings. The highest BCUT2D eigenvalue weighted by Gasteiger charge is 2.21. The van der Waals surface area contributed by atoms with Crippen LogP contribution in [0.25, 0.3) is 0 Å². The predicted octanol–water partition coefficient (Wildman–Crippen LogP) is 3.40. The summed E-state index contributed by atoms with van der Waals surface area (Å²) in [6.45, 7) is 3.84. The number of aryl methyl sites for hydroxylation is 2. The Bertz CT molecular complexity index is 665. The number of methoxy groups -OCH3 is 1. The van der Waals surface area contributed by atoms with Gasteiger partial charge < -0.3 is 10.1 Å². The SMILES string of the molecule is COC(=O)CC(NC(=O)c1cc(C)ccc1C)c1cccs1. The average molecular weight is 317 g/mol. The minimum Gasteiger partial charge on any atom is -0.469 e. The maximum absolute atomic E-state index is 12.5. The number of thiophene rings is 1. The van der Waals surface area contributed by atoms with Crippen LogP contribution in [-0.2, 0) is 9.53 Å². The number of rotatable bonds is 5. The van der Waals surface area contributed by atoms with Crippen LogP contribution in [0.2, 0.25) is 0 Å². The van der Waals surface area contributed by atoms with Gasteiger partial charge in [-0.2, -0.15) is 0 Å². The Kier molecular flexibility index (Phi) is 5.33. The molecule has 1 N–H and O–H groups in total. The lowest BCUT2D eigenvalue weighted by atomic mass is 10.0. The van der Waals surface area contributed by atoms with Gasteiger partial charge in [0.2, 0.25) is 0 Å². The zero-order chi connectivity index (χ0) is 16.1. The molecule has 1 heterocycles. The summed E-state index contributed by atoms with van der Waals surface area (Å²) in [5.74, 6) is -0.525. The van der Waals surface area contributed by atoms with Gasteiger partial charge in [-0.3, -0.25) is 9.59 Å². The van der Waals surface area contributed by atoms with Gasteiger partial charge >= 0.3 is 5.97 Å². The van der Waals surface area contributed by atoms with Crippen LogP contribution < -0.4 is 5.32 Å². The fraction of sp³-hybridized carbons (Fsp3) is 0.294. The van der Waals surface area contributed by atoms with Crippen molar-refractivity contribution in [2.45, 2.75) is 26.3 Å². The molecule has 0 saturated heterocycles. The van der Waals surface area contributed by atoms with Gasteiger partial charge in [0.15, 0.2) is 0 Å². The Balaban J connectivity index is 2.21. The summed E-state index contributed by atoms with van der Waals surface area (Å²) in [4.78, 5) is 25.1. The zero-order valence-electron chi connectivity index (χ0n) is 12.9. The topological polar surface area (TPSA) is 55.4 Å². The quantitative estimate of drug-likeness (QED) is 0.860. The highest BCUT2D eigenvalue weighted by atomic mass is 32.1. The van der Waals surface area contributed by atoms with E-state index in [-0.39, 0.29) is 24.3 Å². The molecule has 1 aromatic carbocycles. The van der Waals surface area contributed by atoms with Crippen molar-refractivity contribution in [1.29, 1.82) is 0 Å². The molecule has 1 amide bonds. The summed E-state index contributed by atoms with van der Waals surface area (Å²) in [7, 11) is 1.35. The Hall–Kier alpha value is -2.14. The summed E-state index contributed by atoms with van der Waals surface area (Å²) in [6.07, 6.45) is 0.119. The molecule has 0 saturated carbocycles. The number of carbonyl (C=O) groups excluding carboxylic acids is 2. The van der Waals surface area contributed by atoms with Crippen molar-refractivity contribution in [1.82, 2.24) is 5.32 Å². The van der Waals surface area contributed by atoms with Gasteiger partial charge in [-0.15, -0.1) is 11.3 Å². The average Bonchev–Trinajstić information content (AvgIpc) is 3.03. The Morgan fingerprint density at radius 1 is 1.27 bits per heavy atom. The Morgan fingerprint density at radius 3 is 2.68 bits per heavy atom. The van der Waals surface area contributed by atoms with Crippen molar-refractivity contribution in [3.8, 4) is 0 Å². The smallest absolute Gasteiger partial charge is 0.307 e. The molecule has 116 valence electrons. The van der Waals surface area contributed by atoms with Crippen molar-refractivity contribution >= 4 is 23.2 Å². The number of hydrogen-bond donors (Lipinski definition) is 1. The predicted molar refractivity (Wildman–Crippen MR) is 87.1 cm³/mol. The second-order valence-corrected chi connectivity index (χ2v) is 6.12. The van der Waals surface area contributed by atoms with Crippen LogP contribution in [0.15, 0.2) is 35.7 Å². The summed E-state index contributed by atoms with van der Waals surface area (Å²) >= 11 is 1.51. The first kappa shape index (κ1) is 16.2. The number of hydrogen-bond acceptors (Lipinski definition) is 4. The lowest BCUT2D eigenvalue weighted by Gasteiger charge is -2.17. The highest BCUT2D eigenvalue weighted by Crippen LogP contribution is 2.23. The third-order valence-corrected chi connectivity index (χ3v) is 4.41.